The first-order chi connectivity index (χ1) is 9.76. The predicted molar refractivity (Wildman–Crippen MR) is 74.0 cm³/mol. The van der Waals surface area contributed by atoms with E-state index in [4.69, 9.17) is 0 Å². The average Bonchev–Trinajstić information content (AvgIpc) is 3.18. The summed E-state index contributed by atoms with van der Waals surface area (Å²) in [6.45, 7) is 3.98. The second kappa shape index (κ2) is 5.88. The molecule has 20 heavy (non-hydrogen) atoms. The van der Waals surface area contributed by atoms with E-state index in [-0.39, 0.29) is 18.0 Å². The molecule has 2 saturated heterocycles. The Kier molecular flexibility index (Phi) is 3.98. The van der Waals surface area contributed by atoms with Crippen LogP contribution in [0, 0.1) is 0 Å². The molecule has 3 rings (SSSR count). The van der Waals surface area contributed by atoms with Crippen molar-refractivity contribution < 1.29 is 4.79 Å². The average molecular weight is 278 g/mol. The lowest BCUT2D eigenvalue weighted by Gasteiger charge is -2.11. The first-order valence-electron chi connectivity index (χ1n) is 7.34. The van der Waals surface area contributed by atoms with Gasteiger partial charge in [-0.2, -0.15) is 0 Å². The van der Waals surface area contributed by atoms with E-state index in [1.807, 2.05) is 10.9 Å². The van der Waals surface area contributed by atoms with Gasteiger partial charge in [0.25, 0.3) is 0 Å². The molecule has 0 bridgehead atoms. The molecule has 3 heterocycles. The summed E-state index contributed by atoms with van der Waals surface area (Å²) in [5.74, 6) is 0.0462. The molecule has 7 heteroatoms. The zero-order valence-electron chi connectivity index (χ0n) is 11.9. The van der Waals surface area contributed by atoms with Crippen LogP contribution in [0.4, 0.5) is 0 Å². The third-order valence-electron chi connectivity index (χ3n) is 4.19. The molecule has 0 aromatic carbocycles. The highest BCUT2D eigenvalue weighted by molar-refractivity contribution is 5.81. The molecule has 1 aromatic rings. The molecule has 0 radical (unpaired) electrons. The molecule has 2 aliphatic rings. The van der Waals surface area contributed by atoms with E-state index < -0.39 is 0 Å². The normalized spacial score (nSPS) is 27.1. The molecular weight excluding hydrogens is 256 g/mol. The number of amides is 1. The molecule has 0 unspecified atom stereocenters. The third kappa shape index (κ3) is 2.83. The molecule has 1 amide bonds. The van der Waals surface area contributed by atoms with Gasteiger partial charge in [0.2, 0.25) is 5.91 Å². The highest BCUT2D eigenvalue weighted by atomic mass is 16.2. The Balaban J connectivity index is 1.58. The van der Waals surface area contributed by atoms with Gasteiger partial charge < -0.3 is 10.6 Å². The number of likely N-dealkylation sites (tertiary alicyclic amines) is 1. The van der Waals surface area contributed by atoms with Crippen LogP contribution in [0.25, 0.3) is 0 Å². The molecular formula is C13H22N6O. The summed E-state index contributed by atoms with van der Waals surface area (Å²) in [4.78, 5) is 14.0. The van der Waals surface area contributed by atoms with Crippen LogP contribution < -0.4 is 10.6 Å². The van der Waals surface area contributed by atoms with Crippen molar-refractivity contribution in [2.24, 2.45) is 0 Å². The number of nitrogens with zero attached hydrogens (tertiary/aromatic N) is 4. The molecule has 0 saturated carbocycles. The summed E-state index contributed by atoms with van der Waals surface area (Å²) in [6.07, 6.45) is 5.37. The van der Waals surface area contributed by atoms with E-state index >= 15 is 0 Å². The van der Waals surface area contributed by atoms with Crippen molar-refractivity contribution in [3.05, 3.63) is 11.9 Å². The van der Waals surface area contributed by atoms with Crippen molar-refractivity contribution in [3.63, 3.8) is 0 Å². The zero-order valence-corrected chi connectivity index (χ0v) is 11.9. The van der Waals surface area contributed by atoms with E-state index in [9.17, 15) is 4.79 Å². The van der Waals surface area contributed by atoms with E-state index in [2.05, 4.69) is 25.8 Å². The largest absolute Gasteiger partial charge is 0.358 e. The quantitative estimate of drug-likeness (QED) is 0.778. The van der Waals surface area contributed by atoms with E-state index in [0.29, 0.717) is 0 Å². The van der Waals surface area contributed by atoms with Gasteiger partial charge in [-0.05, 0) is 32.4 Å². The molecule has 0 spiro atoms. The smallest absolute Gasteiger partial charge is 0.236 e. The van der Waals surface area contributed by atoms with Gasteiger partial charge in [-0.25, -0.2) is 4.68 Å². The first kappa shape index (κ1) is 13.5. The standard InChI is InChI=1S/C13H22N6O/c1-14-13(20)12-6-11(7-15-12)19-9-10(16-17-19)8-18-4-2-3-5-18/h9,11-12,15H,2-8H2,1H3,(H,14,20)/t11-,12-/m0/s1. The van der Waals surface area contributed by atoms with Crippen molar-refractivity contribution in [3.8, 4) is 0 Å². The minimum Gasteiger partial charge on any atom is -0.358 e. The number of nitrogens with one attached hydrogen (secondary N) is 2. The van der Waals surface area contributed by atoms with Crippen molar-refractivity contribution in [2.45, 2.75) is 37.9 Å². The fraction of sp³-hybridized carbons (Fsp3) is 0.769. The fourth-order valence-electron chi connectivity index (χ4n) is 3.03. The molecule has 110 valence electrons. The first-order valence-corrected chi connectivity index (χ1v) is 7.34. The molecule has 2 aliphatic heterocycles. The second-order valence-corrected chi connectivity index (χ2v) is 5.64. The topological polar surface area (TPSA) is 75.1 Å². The SMILES string of the molecule is CNC(=O)[C@@H]1C[C@H](n2cc(CN3CCCC3)nn2)CN1. The Morgan fingerprint density at radius 3 is 3.05 bits per heavy atom. The van der Waals surface area contributed by atoms with Crippen molar-refractivity contribution >= 4 is 5.91 Å². The maximum atomic E-state index is 11.6. The van der Waals surface area contributed by atoms with Gasteiger partial charge >= 0.3 is 0 Å². The summed E-state index contributed by atoms with van der Waals surface area (Å²) in [6, 6.07) is 0.105. The molecule has 2 fully saturated rings. The minimum atomic E-state index is -0.115. The van der Waals surface area contributed by atoms with Crippen molar-refractivity contribution in [2.75, 3.05) is 26.7 Å². The lowest BCUT2D eigenvalue weighted by molar-refractivity contribution is -0.122. The summed E-state index contributed by atoms with van der Waals surface area (Å²) >= 11 is 0. The number of hydrogen-bond donors (Lipinski definition) is 2. The van der Waals surface area contributed by atoms with Crippen molar-refractivity contribution in [1.29, 1.82) is 0 Å². The Bertz CT molecular complexity index is 467. The Labute approximate surface area is 118 Å². The monoisotopic (exact) mass is 278 g/mol. The van der Waals surface area contributed by atoms with Crippen LogP contribution in [-0.2, 0) is 11.3 Å². The van der Waals surface area contributed by atoms with Gasteiger partial charge in [0, 0.05) is 20.1 Å². The predicted octanol–water partition coefficient (Wildman–Crippen LogP) is -0.477. The Morgan fingerprint density at radius 2 is 2.30 bits per heavy atom. The highest BCUT2D eigenvalue weighted by Gasteiger charge is 2.30. The van der Waals surface area contributed by atoms with Crippen LogP contribution in [0.15, 0.2) is 6.20 Å². The zero-order chi connectivity index (χ0) is 13.9. The van der Waals surface area contributed by atoms with Gasteiger partial charge in [-0.15, -0.1) is 5.10 Å². The van der Waals surface area contributed by atoms with Crippen molar-refractivity contribution in [1.82, 2.24) is 30.5 Å². The van der Waals surface area contributed by atoms with Crippen LogP contribution in [0.2, 0.25) is 0 Å². The van der Waals surface area contributed by atoms with Crippen LogP contribution in [0.1, 0.15) is 31.0 Å². The second-order valence-electron chi connectivity index (χ2n) is 5.64. The lowest BCUT2D eigenvalue weighted by atomic mass is 10.1. The summed E-state index contributed by atoms with van der Waals surface area (Å²) < 4.78 is 1.90. The van der Waals surface area contributed by atoms with Gasteiger partial charge in [-0.1, -0.05) is 5.21 Å². The maximum absolute atomic E-state index is 11.6. The molecule has 1 aromatic heterocycles. The molecule has 2 atom stereocenters. The van der Waals surface area contributed by atoms with E-state index in [1.54, 1.807) is 7.05 Å². The summed E-state index contributed by atoms with van der Waals surface area (Å²) in [5, 5.41) is 14.4. The number of carbonyl (C=O) groups is 1. The van der Waals surface area contributed by atoms with Crippen LogP contribution in [0.5, 0.6) is 0 Å². The minimum absolute atomic E-state index is 0.0462. The Morgan fingerprint density at radius 1 is 1.50 bits per heavy atom. The number of hydrogen-bond acceptors (Lipinski definition) is 5. The van der Waals surface area contributed by atoms with Gasteiger partial charge in [0.1, 0.15) is 0 Å². The van der Waals surface area contributed by atoms with E-state index in [0.717, 1.165) is 38.3 Å². The van der Waals surface area contributed by atoms with E-state index in [1.165, 1.54) is 12.8 Å². The molecule has 2 N–H and O–H groups in total. The number of rotatable bonds is 4. The summed E-state index contributed by atoms with van der Waals surface area (Å²) in [7, 11) is 1.67. The van der Waals surface area contributed by atoms with Gasteiger partial charge in [0.15, 0.2) is 0 Å². The Hall–Kier alpha value is -1.47. The van der Waals surface area contributed by atoms with Gasteiger partial charge in [0.05, 0.1) is 24.0 Å². The van der Waals surface area contributed by atoms with Gasteiger partial charge in [-0.3, -0.25) is 9.69 Å². The summed E-state index contributed by atoms with van der Waals surface area (Å²) in [5.41, 5.74) is 1.02. The third-order valence-corrected chi connectivity index (χ3v) is 4.19. The number of likely N-dealkylation sites (N-methyl/N-ethyl adjacent to an activating group) is 1. The fourth-order valence-corrected chi connectivity index (χ4v) is 3.03. The highest BCUT2D eigenvalue weighted by Crippen LogP contribution is 2.19. The van der Waals surface area contributed by atoms with Crippen LogP contribution in [-0.4, -0.2) is 58.5 Å². The molecule has 0 aliphatic carbocycles. The lowest BCUT2D eigenvalue weighted by Crippen LogP contribution is -2.38. The number of carbonyl (C=O) groups excluding carboxylic acids is 1. The maximum Gasteiger partial charge on any atom is 0.236 e. The number of aromatic nitrogens is 3. The molecule has 7 nitrogen and oxygen atoms in total. The van der Waals surface area contributed by atoms with Crippen LogP contribution >= 0.6 is 0 Å². The van der Waals surface area contributed by atoms with Crippen LogP contribution in [0.3, 0.4) is 0 Å².